The lowest BCUT2D eigenvalue weighted by atomic mass is 9.96. The van der Waals surface area contributed by atoms with Crippen LogP contribution in [-0.4, -0.2) is 28.5 Å². The third-order valence-corrected chi connectivity index (χ3v) is 4.86. The van der Waals surface area contributed by atoms with Crippen LogP contribution in [0.25, 0.3) is 10.9 Å². The molecule has 2 aromatic carbocycles. The normalized spacial score (nSPS) is 16.9. The van der Waals surface area contributed by atoms with E-state index in [-0.39, 0.29) is 6.03 Å². The molecule has 0 spiro atoms. The zero-order valence-corrected chi connectivity index (χ0v) is 13.8. The first kappa shape index (κ1) is 14.8. The van der Waals surface area contributed by atoms with E-state index in [4.69, 9.17) is 0 Å². The Kier molecular flexibility index (Phi) is 3.73. The molecule has 1 aromatic heterocycles. The van der Waals surface area contributed by atoms with E-state index in [0.717, 1.165) is 36.0 Å². The Balaban J connectivity index is 1.44. The maximum absolute atomic E-state index is 12.6. The summed E-state index contributed by atoms with van der Waals surface area (Å²) in [4.78, 5) is 17.7. The summed E-state index contributed by atoms with van der Waals surface area (Å²) in [5, 5.41) is 4.19. The number of hydrogen-bond acceptors (Lipinski definition) is 1. The number of nitrogens with one attached hydrogen (secondary N) is 2. The third-order valence-electron chi connectivity index (χ3n) is 4.86. The SMILES string of the molecule is Cc1c[nH]c2ccc(NC(=O)N3CCC3Cc3ccccc3)cc12. The Labute approximate surface area is 141 Å². The van der Waals surface area contributed by atoms with Gasteiger partial charge in [-0.2, -0.15) is 0 Å². The van der Waals surface area contributed by atoms with Crippen LogP contribution in [0, 0.1) is 6.92 Å². The molecule has 1 atom stereocenters. The van der Waals surface area contributed by atoms with Crippen molar-refractivity contribution in [2.45, 2.75) is 25.8 Å². The molecule has 1 aliphatic rings. The first-order valence-electron chi connectivity index (χ1n) is 8.40. The highest BCUT2D eigenvalue weighted by atomic mass is 16.2. The third kappa shape index (κ3) is 2.75. The standard InChI is InChI=1S/C20H21N3O/c1-14-13-21-19-8-7-16(12-18(14)19)22-20(24)23-10-9-17(23)11-15-5-3-2-4-6-15/h2-8,12-13,17,21H,9-11H2,1H3,(H,22,24). The molecule has 3 aromatic rings. The van der Waals surface area contributed by atoms with Gasteiger partial charge in [0, 0.05) is 35.4 Å². The molecule has 2 heterocycles. The molecule has 1 saturated heterocycles. The van der Waals surface area contributed by atoms with Crippen LogP contribution >= 0.6 is 0 Å². The summed E-state index contributed by atoms with van der Waals surface area (Å²) < 4.78 is 0. The highest BCUT2D eigenvalue weighted by Gasteiger charge is 2.32. The first-order valence-corrected chi connectivity index (χ1v) is 8.40. The van der Waals surface area contributed by atoms with Crippen molar-refractivity contribution in [1.29, 1.82) is 0 Å². The fourth-order valence-corrected chi connectivity index (χ4v) is 3.34. The molecule has 0 radical (unpaired) electrons. The predicted octanol–water partition coefficient (Wildman–Crippen LogP) is 4.33. The molecule has 0 bridgehead atoms. The Hall–Kier alpha value is -2.75. The minimum Gasteiger partial charge on any atom is -0.361 e. The van der Waals surface area contributed by atoms with E-state index >= 15 is 0 Å². The summed E-state index contributed by atoms with van der Waals surface area (Å²) in [5.74, 6) is 0. The van der Waals surface area contributed by atoms with Crippen molar-refractivity contribution in [1.82, 2.24) is 9.88 Å². The van der Waals surface area contributed by atoms with Gasteiger partial charge in [0.05, 0.1) is 0 Å². The average Bonchev–Trinajstić information content (AvgIpc) is 2.93. The number of urea groups is 1. The number of carbonyl (C=O) groups excluding carboxylic acids is 1. The van der Waals surface area contributed by atoms with Crippen molar-refractivity contribution in [2.75, 3.05) is 11.9 Å². The summed E-state index contributed by atoms with van der Waals surface area (Å²) in [5.41, 5.74) is 4.41. The number of hydrogen-bond donors (Lipinski definition) is 2. The van der Waals surface area contributed by atoms with Crippen LogP contribution in [0.2, 0.25) is 0 Å². The fourth-order valence-electron chi connectivity index (χ4n) is 3.34. The highest BCUT2D eigenvalue weighted by molar-refractivity contribution is 5.94. The van der Waals surface area contributed by atoms with Crippen LogP contribution in [0.5, 0.6) is 0 Å². The second-order valence-corrected chi connectivity index (χ2v) is 6.49. The minimum absolute atomic E-state index is 0.00489. The lowest BCUT2D eigenvalue weighted by Gasteiger charge is -2.41. The number of aromatic nitrogens is 1. The lowest BCUT2D eigenvalue weighted by molar-refractivity contribution is 0.125. The van der Waals surface area contributed by atoms with Crippen molar-refractivity contribution in [2.24, 2.45) is 0 Å². The molecule has 122 valence electrons. The smallest absolute Gasteiger partial charge is 0.322 e. The molecular weight excluding hydrogens is 298 g/mol. The Morgan fingerprint density at radius 3 is 2.83 bits per heavy atom. The largest absolute Gasteiger partial charge is 0.361 e. The van der Waals surface area contributed by atoms with E-state index in [1.807, 2.05) is 47.5 Å². The number of amides is 2. The number of rotatable bonds is 3. The van der Waals surface area contributed by atoms with Crippen molar-refractivity contribution in [3.8, 4) is 0 Å². The number of aromatic amines is 1. The monoisotopic (exact) mass is 319 g/mol. The average molecular weight is 319 g/mol. The van der Waals surface area contributed by atoms with Gasteiger partial charge in [0.1, 0.15) is 0 Å². The first-order chi connectivity index (χ1) is 11.7. The van der Waals surface area contributed by atoms with Gasteiger partial charge in [0.2, 0.25) is 0 Å². The van der Waals surface area contributed by atoms with Gasteiger partial charge in [-0.15, -0.1) is 0 Å². The van der Waals surface area contributed by atoms with Crippen LogP contribution in [0.3, 0.4) is 0 Å². The van der Waals surface area contributed by atoms with Gasteiger partial charge in [-0.1, -0.05) is 30.3 Å². The molecule has 2 N–H and O–H groups in total. The zero-order valence-electron chi connectivity index (χ0n) is 13.8. The number of fused-ring (bicyclic) bond motifs is 1. The van der Waals surface area contributed by atoms with Crippen LogP contribution in [0.4, 0.5) is 10.5 Å². The Morgan fingerprint density at radius 1 is 1.25 bits per heavy atom. The molecular formula is C20H21N3O. The number of H-pyrrole nitrogens is 1. The van der Waals surface area contributed by atoms with Gasteiger partial charge in [-0.25, -0.2) is 4.79 Å². The molecule has 2 amide bonds. The maximum Gasteiger partial charge on any atom is 0.322 e. The summed E-state index contributed by atoms with van der Waals surface area (Å²) in [6, 6.07) is 16.6. The summed E-state index contributed by atoms with van der Waals surface area (Å²) in [7, 11) is 0. The predicted molar refractivity (Wildman–Crippen MR) is 97.3 cm³/mol. The number of benzene rings is 2. The Morgan fingerprint density at radius 2 is 2.08 bits per heavy atom. The molecule has 1 fully saturated rings. The van der Waals surface area contributed by atoms with E-state index in [1.165, 1.54) is 11.1 Å². The molecule has 4 heteroatoms. The fraction of sp³-hybridized carbons (Fsp3) is 0.250. The molecule has 1 unspecified atom stereocenters. The number of likely N-dealkylation sites (tertiary alicyclic amines) is 1. The van der Waals surface area contributed by atoms with Crippen LogP contribution in [0.15, 0.2) is 54.7 Å². The topological polar surface area (TPSA) is 48.1 Å². The van der Waals surface area contributed by atoms with Gasteiger partial charge < -0.3 is 15.2 Å². The zero-order chi connectivity index (χ0) is 16.5. The van der Waals surface area contributed by atoms with Crippen molar-refractivity contribution in [3.63, 3.8) is 0 Å². The quantitative estimate of drug-likeness (QED) is 0.742. The van der Waals surface area contributed by atoms with E-state index in [2.05, 4.69) is 29.4 Å². The minimum atomic E-state index is -0.00489. The molecule has 0 aliphatic carbocycles. The van der Waals surface area contributed by atoms with Gasteiger partial charge >= 0.3 is 6.03 Å². The van der Waals surface area contributed by atoms with Crippen LogP contribution < -0.4 is 5.32 Å². The van der Waals surface area contributed by atoms with Crippen LogP contribution in [-0.2, 0) is 6.42 Å². The van der Waals surface area contributed by atoms with Gasteiger partial charge in [-0.3, -0.25) is 0 Å². The van der Waals surface area contributed by atoms with E-state index < -0.39 is 0 Å². The number of aryl methyl sites for hydroxylation is 1. The Bertz CT molecular complexity index is 869. The number of nitrogens with zero attached hydrogens (tertiary/aromatic N) is 1. The number of anilines is 1. The van der Waals surface area contributed by atoms with Crippen molar-refractivity contribution < 1.29 is 4.79 Å². The van der Waals surface area contributed by atoms with E-state index in [0.29, 0.717) is 6.04 Å². The van der Waals surface area contributed by atoms with Gasteiger partial charge in [-0.05, 0) is 49.1 Å². The van der Waals surface area contributed by atoms with Gasteiger partial charge in [0.15, 0.2) is 0 Å². The van der Waals surface area contributed by atoms with E-state index in [9.17, 15) is 4.79 Å². The van der Waals surface area contributed by atoms with Crippen LogP contribution in [0.1, 0.15) is 17.5 Å². The second kappa shape index (κ2) is 6.04. The van der Waals surface area contributed by atoms with Gasteiger partial charge in [0.25, 0.3) is 0 Å². The maximum atomic E-state index is 12.6. The van der Waals surface area contributed by atoms with E-state index in [1.54, 1.807) is 0 Å². The van der Waals surface area contributed by atoms with Crippen molar-refractivity contribution >= 4 is 22.6 Å². The second-order valence-electron chi connectivity index (χ2n) is 6.49. The molecule has 24 heavy (non-hydrogen) atoms. The summed E-state index contributed by atoms with van der Waals surface area (Å²) in [6.07, 6.45) is 3.98. The highest BCUT2D eigenvalue weighted by Crippen LogP contribution is 2.25. The molecule has 0 saturated carbocycles. The molecule has 4 rings (SSSR count). The summed E-state index contributed by atoms with van der Waals surface area (Å²) in [6.45, 7) is 2.89. The lowest BCUT2D eigenvalue weighted by Crippen LogP contribution is -2.53. The molecule has 4 nitrogen and oxygen atoms in total. The summed E-state index contributed by atoms with van der Waals surface area (Å²) >= 11 is 0. The van der Waals surface area contributed by atoms with Crippen molar-refractivity contribution in [3.05, 3.63) is 65.9 Å². The molecule has 1 aliphatic heterocycles. The number of carbonyl (C=O) groups is 1.